The highest BCUT2D eigenvalue weighted by molar-refractivity contribution is 6.10. The first kappa shape index (κ1) is 16.7. The minimum atomic E-state index is -0.185. The Hall–Kier alpha value is -2.78. The topological polar surface area (TPSA) is 13.1 Å². The Kier molecular flexibility index (Phi) is 4.17. The number of fused-ring (bicyclic) bond motifs is 3. The van der Waals surface area contributed by atoms with E-state index in [1.807, 2.05) is 31.4 Å². The molecule has 130 valence electrons. The Balaban J connectivity index is 2.11. The second-order valence-electron chi connectivity index (χ2n) is 6.73. The van der Waals surface area contributed by atoms with Crippen LogP contribution in [0.5, 0.6) is 0 Å². The van der Waals surface area contributed by atoms with Crippen LogP contribution in [0.3, 0.4) is 0 Å². The molecule has 2 nitrogen and oxygen atoms in total. The molecule has 4 aromatic rings. The van der Waals surface area contributed by atoms with Crippen LogP contribution < -0.4 is 4.57 Å². The second-order valence-corrected chi connectivity index (χ2v) is 6.73. The van der Waals surface area contributed by atoms with E-state index in [-0.39, 0.29) is 5.82 Å². The van der Waals surface area contributed by atoms with Crippen LogP contribution in [0.25, 0.3) is 32.8 Å². The van der Waals surface area contributed by atoms with Crippen LogP contribution in [0.4, 0.5) is 4.39 Å². The minimum absolute atomic E-state index is 0.185. The second kappa shape index (κ2) is 6.50. The number of pyridine rings is 1. The fourth-order valence-corrected chi connectivity index (χ4v) is 3.71. The number of ether oxygens (including phenoxy) is 1. The molecule has 1 aromatic heterocycles. The van der Waals surface area contributed by atoms with Gasteiger partial charge in [0, 0.05) is 23.9 Å². The molecule has 0 amide bonds. The number of hydrogen-bond acceptors (Lipinski definition) is 1. The SMILES string of the molecule is COCc1ccc(C)cc1-c1c2ccc3c(F)cccc3c2cc[n+]1C. The van der Waals surface area contributed by atoms with Crippen LogP contribution in [-0.2, 0) is 18.4 Å². The van der Waals surface area contributed by atoms with E-state index in [1.54, 1.807) is 13.2 Å². The van der Waals surface area contributed by atoms with Gasteiger partial charge in [-0.3, -0.25) is 0 Å². The van der Waals surface area contributed by atoms with Crippen molar-refractivity contribution in [2.24, 2.45) is 7.05 Å². The third-order valence-electron chi connectivity index (χ3n) is 4.94. The molecule has 0 fully saturated rings. The normalized spacial score (nSPS) is 11.4. The maximum absolute atomic E-state index is 14.2. The van der Waals surface area contributed by atoms with E-state index in [9.17, 15) is 4.39 Å². The summed E-state index contributed by atoms with van der Waals surface area (Å²) in [5.41, 5.74) is 4.60. The molecule has 26 heavy (non-hydrogen) atoms. The quantitative estimate of drug-likeness (QED) is 0.372. The van der Waals surface area contributed by atoms with Gasteiger partial charge in [-0.05, 0) is 36.1 Å². The van der Waals surface area contributed by atoms with E-state index in [1.165, 1.54) is 11.6 Å². The first-order valence-corrected chi connectivity index (χ1v) is 8.68. The number of rotatable bonds is 3. The van der Waals surface area contributed by atoms with Gasteiger partial charge >= 0.3 is 0 Å². The highest BCUT2D eigenvalue weighted by atomic mass is 19.1. The van der Waals surface area contributed by atoms with Crippen molar-refractivity contribution in [3.05, 3.63) is 77.7 Å². The summed E-state index contributed by atoms with van der Waals surface area (Å²) in [4.78, 5) is 0. The monoisotopic (exact) mass is 346 g/mol. The molecule has 0 spiro atoms. The van der Waals surface area contributed by atoms with E-state index in [4.69, 9.17) is 4.74 Å². The van der Waals surface area contributed by atoms with Gasteiger partial charge in [-0.2, -0.15) is 0 Å². The molecule has 0 aliphatic rings. The highest BCUT2D eigenvalue weighted by Crippen LogP contribution is 2.33. The Morgan fingerprint density at radius 2 is 1.69 bits per heavy atom. The molecule has 0 atom stereocenters. The van der Waals surface area contributed by atoms with Crippen LogP contribution in [-0.4, -0.2) is 7.11 Å². The van der Waals surface area contributed by atoms with Crippen LogP contribution in [0, 0.1) is 12.7 Å². The van der Waals surface area contributed by atoms with Crippen molar-refractivity contribution >= 4 is 21.5 Å². The summed E-state index contributed by atoms with van der Waals surface area (Å²) in [5, 5.41) is 3.75. The van der Waals surface area contributed by atoms with Crippen molar-refractivity contribution in [1.82, 2.24) is 0 Å². The van der Waals surface area contributed by atoms with Crippen molar-refractivity contribution < 1.29 is 13.7 Å². The van der Waals surface area contributed by atoms with Gasteiger partial charge < -0.3 is 4.74 Å². The van der Waals surface area contributed by atoms with Gasteiger partial charge in [0.1, 0.15) is 12.9 Å². The lowest BCUT2D eigenvalue weighted by atomic mass is 9.95. The Morgan fingerprint density at radius 3 is 2.50 bits per heavy atom. The maximum atomic E-state index is 14.2. The first-order valence-electron chi connectivity index (χ1n) is 8.68. The molecule has 0 radical (unpaired) electrons. The lowest BCUT2D eigenvalue weighted by Crippen LogP contribution is -2.31. The number of halogens is 1. The lowest BCUT2D eigenvalue weighted by Gasteiger charge is -2.12. The molecule has 0 saturated carbocycles. The van der Waals surface area contributed by atoms with Gasteiger partial charge in [0.05, 0.1) is 17.6 Å². The number of nitrogens with zero attached hydrogens (tertiary/aromatic N) is 1. The molecular weight excluding hydrogens is 325 g/mol. The number of methoxy groups -OCH3 is 1. The van der Waals surface area contributed by atoms with Crippen molar-refractivity contribution in [2.75, 3.05) is 7.11 Å². The van der Waals surface area contributed by atoms with Crippen LogP contribution >= 0.6 is 0 Å². The summed E-state index contributed by atoms with van der Waals surface area (Å²) in [5.74, 6) is -0.185. The van der Waals surface area contributed by atoms with Crippen molar-refractivity contribution in [2.45, 2.75) is 13.5 Å². The molecule has 0 N–H and O–H groups in total. The summed E-state index contributed by atoms with van der Waals surface area (Å²) >= 11 is 0. The molecule has 4 rings (SSSR count). The minimum Gasteiger partial charge on any atom is -0.380 e. The van der Waals surface area contributed by atoms with E-state index < -0.39 is 0 Å². The molecular formula is C23H21FNO+. The van der Waals surface area contributed by atoms with Crippen LogP contribution in [0.2, 0.25) is 0 Å². The van der Waals surface area contributed by atoms with Crippen molar-refractivity contribution in [3.63, 3.8) is 0 Å². The van der Waals surface area contributed by atoms with Crippen LogP contribution in [0.1, 0.15) is 11.1 Å². The summed E-state index contributed by atoms with van der Waals surface area (Å²) in [6, 6.07) is 17.6. The smallest absolute Gasteiger partial charge is 0.220 e. The van der Waals surface area contributed by atoms with Gasteiger partial charge in [-0.15, -0.1) is 0 Å². The fourth-order valence-electron chi connectivity index (χ4n) is 3.71. The van der Waals surface area contributed by atoms with Gasteiger partial charge in [-0.25, -0.2) is 8.96 Å². The van der Waals surface area contributed by atoms with E-state index in [0.29, 0.717) is 12.0 Å². The average molecular weight is 346 g/mol. The largest absolute Gasteiger partial charge is 0.380 e. The average Bonchev–Trinajstić information content (AvgIpc) is 2.63. The molecule has 3 aromatic carbocycles. The van der Waals surface area contributed by atoms with E-state index in [2.05, 4.69) is 35.8 Å². The molecule has 1 heterocycles. The Labute approximate surface area is 152 Å². The fraction of sp³-hybridized carbons (Fsp3) is 0.174. The zero-order valence-electron chi connectivity index (χ0n) is 15.2. The predicted molar refractivity (Wildman–Crippen MR) is 103 cm³/mol. The van der Waals surface area contributed by atoms with Gasteiger partial charge in [0.25, 0.3) is 0 Å². The Morgan fingerprint density at radius 1 is 0.923 bits per heavy atom. The number of hydrogen-bond donors (Lipinski definition) is 0. The summed E-state index contributed by atoms with van der Waals surface area (Å²) in [6.07, 6.45) is 2.04. The highest BCUT2D eigenvalue weighted by Gasteiger charge is 2.20. The number of aryl methyl sites for hydroxylation is 2. The predicted octanol–water partition coefficient (Wildman–Crippen LogP) is 5.08. The number of aromatic nitrogens is 1. The zero-order chi connectivity index (χ0) is 18.3. The summed E-state index contributed by atoms with van der Waals surface area (Å²) in [7, 11) is 3.76. The first-order chi connectivity index (χ1) is 12.6. The zero-order valence-corrected chi connectivity index (χ0v) is 15.2. The third-order valence-corrected chi connectivity index (χ3v) is 4.94. The lowest BCUT2D eigenvalue weighted by molar-refractivity contribution is -0.659. The van der Waals surface area contributed by atoms with Crippen LogP contribution in [0.15, 0.2) is 60.8 Å². The summed E-state index contributed by atoms with van der Waals surface area (Å²) < 4.78 is 21.7. The van der Waals surface area contributed by atoms with Gasteiger partial charge in [0.15, 0.2) is 6.20 Å². The molecule has 0 aliphatic heterocycles. The van der Waals surface area contributed by atoms with Crippen molar-refractivity contribution in [1.29, 1.82) is 0 Å². The molecule has 0 bridgehead atoms. The molecule has 3 heteroatoms. The van der Waals surface area contributed by atoms with E-state index >= 15 is 0 Å². The third kappa shape index (κ3) is 2.65. The number of benzene rings is 3. The standard InChI is InChI=1S/C23H21FNO/c1-15-7-8-16(14-26-3)21(13-15)23-20-10-9-19-17(5-4-6-22(19)24)18(20)11-12-25(23)2/h4-13H,14H2,1-3H3/q+1. The van der Waals surface area contributed by atoms with Gasteiger partial charge in [0.2, 0.25) is 5.69 Å². The maximum Gasteiger partial charge on any atom is 0.220 e. The van der Waals surface area contributed by atoms with Gasteiger partial charge in [-0.1, -0.05) is 35.9 Å². The van der Waals surface area contributed by atoms with Crippen molar-refractivity contribution in [3.8, 4) is 11.3 Å². The molecule has 0 unspecified atom stereocenters. The molecule has 0 saturated heterocycles. The Bertz CT molecular complexity index is 1130. The van der Waals surface area contributed by atoms with E-state index in [0.717, 1.165) is 33.0 Å². The molecule has 0 aliphatic carbocycles. The summed E-state index contributed by atoms with van der Waals surface area (Å²) in [6.45, 7) is 2.64.